The topological polar surface area (TPSA) is 55.4 Å². The molecule has 6 heteroatoms. The molecule has 0 spiro atoms. The largest absolute Gasteiger partial charge is 0.382 e. The second kappa shape index (κ2) is 60.8. The molecule has 0 aromatic rings. The lowest BCUT2D eigenvalue weighted by Crippen LogP contribution is -2.02. The zero-order valence-corrected chi connectivity index (χ0v) is 33.2. The minimum absolute atomic E-state index is 0.719. The van der Waals surface area contributed by atoms with Gasteiger partial charge in [0.25, 0.3) is 0 Å². The minimum atomic E-state index is 0.719. The van der Waals surface area contributed by atoms with Gasteiger partial charge < -0.3 is 28.4 Å². The summed E-state index contributed by atoms with van der Waals surface area (Å²) in [5.74, 6) is 0. The molecule has 0 aliphatic carbocycles. The van der Waals surface area contributed by atoms with E-state index in [0.29, 0.717) is 0 Å². The summed E-state index contributed by atoms with van der Waals surface area (Å²) in [5, 5.41) is 0. The summed E-state index contributed by atoms with van der Waals surface area (Å²) in [7, 11) is 5.12. The van der Waals surface area contributed by atoms with E-state index in [2.05, 4.69) is 33.9 Å². The molecule has 0 N–H and O–H groups in total. The summed E-state index contributed by atoms with van der Waals surface area (Å²) >= 11 is 0. The van der Waals surface area contributed by atoms with Gasteiger partial charge >= 0.3 is 0 Å². The zero-order valence-electron chi connectivity index (χ0n) is 33.2. The predicted octanol–water partition coefficient (Wildman–Crippen LogP) is 12.2. The highest BCUT2D eigenvalue weighted by molar-refractivity contribution is 4.48. The highest BCUT2D eigenvalue weighted by Gasteiger charge is 1.94. The van der Waals surface area contributed by atoms with Crippen LogP contribution in [0, 0.1) is 0 Å². The Balaban J connectivity index is -0.000000287. The van der Waals surface area contributed by atoms with E-state index in [-0.39, 0.29) is 0 Å². The van der Waals surface area contributed by atoms with E-state index in [0.717, 1.165) is 59.5 Å². The number of hydrogen-bond acceptors (Lipinski definition) is 6. The molecule has 0 aliphatic rings. The molecule has 0 aromatic carbocycles. The van der Waals surface area contributed by atoms with Gasteiger partial charge in [-0.25, -0.2) is 0 Å². The van der Waals surface area contributed by atoms with Crippen molar-refractivity contribution in [3.63, 3.8) is 0 Å². The van der Waals surface area contributed by atoms with E-state index in [4.69, 9.17) is 28.4 Å². The van der Waals surface area contributed by atoms with E-state index in [1.165, 1.54) is 154 Å². The van der Waals surface area contributed by atoms with Gasteiger partial charge in [-0.3, -0.25) is 0 Å². The molecular weight excluding hydrogens is 588 g/mol. The molecule has 0 unspecified atom stereocenters. The van der Waals surface area contributed by atoms with E-state index in [1.54, 1.807) is 21.3 Å². The summed E-state index contributed by atoms with van der Waals surface area (Å²) in [6, 6.07) is 0. The van der Waals surface area contributed by atoms with Crippen molar-refractivity contribution in [2.24, 2.45) is 0 Å². The van der Waals surface area contributed by atoms with Crippen LogP contribution in [0.15, 0.2) is 13.2 Å². The molecule has 288 valence electrons. The molecule has 0 aliphatic heterocycles. The molecule has 6 nitrogen and oxygen atoms in total. The van der Waals surface area contributed by atoms with Crippen LogP contribution in [0.2, 0.25) is 0 Å². The summed E-state index contributed by atoms with van der Waals surface area (Å²) in [5.41, 5.74) is 0. The van der Waals surface area contributed by atoms with Crippen LogP contribution in [-0.2, 0) is 28.4 Å². The van der Waals surface area contributed by atoms with Gasteiger partial charge in [0.05, 0.1) is 39.6 Å². The summed E-state index contributed by atoms with van der Waals surface area (Å²) in [6.45, 7) is 19.9. The first-order valence-electron chi connectivity index (χ1n) is 19.9. The van der Waals surface area contributed by atoms with Gasteiger partial charge in [0.15, 0.2) is 0 Å². The van der Waals surface area contributed by atoms with Crippen molar-refractivity contribution in [3.05, 3.63) is 13.2 Å². The average Bonchev–Trinajstić information content (AvgIpc) is 3.10. The quantitative estimate of drug-likeness (QED) is 0.0486. The van der Waals surface area contributed by atoms with Crippen molar-refractivity contribution in [3.8, 4) is 0 Å². The molecule has 0 saturated carbocycles. The van der Waals surface area contributed by atoms with Crippen molar-refractivity contribution in [1.29, 1.82) is 0 Å². The number of hydrogen-bond donors (Lipinski definition) is 0. The van der Waals surface area contributed by atoms with Crippen LogP contribution in [0.1, 0.15) is 175 Å². The lowest BCUT2D eigenvalue weighted by Gasteiger charge is -2.03. The Morgan fingerprint density at radius 1 is 0.255 bits per heavy atom. The Morgan fingerprint density at radius 2 is 0.447 bits per heavy atom. The molecule has 0 saturated heterocycles. The Labute approximate surface area is 296 Å². The Bertz CT molecular complexity index is 354. The summed E-state index contributed by atoms with van der Waals surface area (Å²) in [4.78, 5) is 0. The molecule has 0 radical (unpaired) electrons. The first-order valence-corrected chi connectivity index (χ1v) is 19.9. The Hall–Kier alpha value is -0.500. The standard InChI is InChI=1S/3C13H28O2.C2H4/c3*1-3-4-5-6-7-8-9-10-11-15-13-12-14-2;1-2/h3*3-13H2,1-2H3;1-2H2. The van der Waals surface area contributed by atoms with Gasteiger partial charge in [-0.2, -0.15) is 0 Å². The number of rotatable bonds is 36. The maximum absolute atomic E-state index is 5.39. The van der Waals surface area contributed by atoms with Crippen LogP contribution < -0.4 is 0 Å². The van der Waals surface area contributed by atoms with E-state index in [1.807, 2.05) is 0 Å². The average molecular weight is 677 g/mol. The third-order valence-corrected chi connectivity index (χ3v) is 7.72. The van der Waals surface area contributed by atoms with Crippen molar-refractivity contribution in [2.75, 3.05) is 80.8 Å². The highest BCUT2D eigenvalue weighted by Crippen LogP contribution is 2.10. The van der Waals surface area contributed by atoms with Gasteiger partial charge in [0.1, 0.15) is 0 Å². The SMILES string of the molecule is C=C.CCCCCCCCCCOCCOC.CCCCCCCCCCOCCOC.CCCCCCCCCCOCCOC. The van der Waals surface area contributed by atoms with Gasteiger partial charge in [-0.15, -0.1) is 13.2 Å². The van der Waals surface area contributed by atoms with Crippen molar-refractivity contribution in [1.82, 2.24) is 0 Å². The zero-order chi connectivity index (χ0) is 35.6. The van der Waals surface area contributed by atoms with E-state index >= 15 is 0 Å². The molecule has 0 rings (SSSR count). The predicted molar refractivity (Wildman–Crippen MR) is 207 cm³/mol. The molecule has 47 heavy (non-hydrogen) atoms. The second-order valence-electron chi connectivity index (χ2n) is 12.2. The first kappa shape index (κ1) is 53.3. The van der Waals surface area contributed by atoms with E-state index < -0.39 is 0 Å². The van der Waals surface area contributed by atoms with Gasteiger partial charge in [-0.05, 0) is 19.3 Å². The fraction of sp³-hybridized carbons (Fsp3) is 0.951. The first-order chi connectivity index (χ1) is 23.2. The number of methoxy groups -OCH3 is 3. The minimum Gasteiger partial charge on any atom is -0.382 e. The maximum atomic E-state index is 5.39. The van der Waals surface area contributed by atoms with E-state index in [9.17, 15) is 0 Å². The lowest BCUT2D eigenvalue weighted by molar-refractivity contribution is 0.0685. The molecule has 0 bridgehead atoms. The normalized spacial score (nSPS) is 10.4. The smallest absolute Gasteiger partial charge is 0.0700 e. The van der Waals surface area contributed by atoms with Crippen LogP contribution in [0.5, 0.6) is 0 Å². The van der Waals surface area contributed by atoms with Crippen LogP contribution in [0.25, 0.3) is 0 Å². The number of ether oxygens (including phenoxy) is 6. The molecular formula is C41H88O6. The lowest BCUT2D eigenvalue weighted by atomic mass is 10.1. The Morgan fingerprint density at radius 3 is 0.638 bits per heavy atom. The summed E-state index contributed by atoms with van der Waals surface area (Å²) in [6.07, 6.45) is 32.6. The van der Waals surface area contributed by atoms with Crippen LogP contribution in [0.3, 0.4) is 0 Å². The molecule has 0 heterocycles. The fourth-order valence-electron chi connectivity index (χ4n) is 4.75. The van der Waals surface area contributed by atoms with Crippen LogP contribution in [0.4, 0.5) is 0 Å². The molecule has 0 amide bonds. The fourth-order valence-corrected chi connectivity index (χ4v) is 4.75. The Kier molecular flexibility index (Phi) is 68.9. The third kappa shape index (κ3) is 68.3. The van der Waals surface area contributed by atoms with Crippen molar-refractivity contribution in [2.45, 2.75) is 175 Å². The maximum Gasteiger partial charge on any atom is 0.0700 e. The third-order valence-electron chi connectivity index (χ3n) is 7.72. The molecule has 0 aromatic heterocycles. The van der Waals surface area contributed by atoms with Gasteiger partial charge in [-0.1, -0.05) is 156 Å². The van der Waals surface area contributed by atoms with Crippen molar-refractivity contribution >= 4 is 0 Å². The highest BCUT2D eigenvalue weighted by atomic mass is 16.5. The number of unbranched alkanes of at least 4 members (excludes halogenated alkanes) is 21. The van der Waals surface area contributed by atoms with Crippen LogP contribution in [-0.4, -0.2) is 80.8 Å². The van der Waals surface area contributed by atoms with Gasteiger partial charge in [0.2, 0.25) is 0 Å². The molecule has 0 fully saturated rings. The summed E-state index contributed by atoms with van der Waals surface area (Å²) < 4.78 is 30.9. The van der Waals surface area contributed by atoms with Crippen LogP contribution >= 0.6 is 0 Å². The monoisotopic (exact) mass is 677 g/mol. The second-order valence-corrected chi connectivity index (χ2v) is 12.2. The molecule has 0 atom stereocenters. The van der Waals surface area contributed by atoms with Gasteiger partial charge in [0, 0.05) is 41.2 Å². The van der Waals surface area contributed by atoms with Crippen molar-refractivity contribution < 1.29 is 28.4 Å².